The second-order valence-corrected chi connectivity index (χ2v) is 10.1. The van der Waals surface area contributed by atoms with Crippen molar-refractivity contribution in [1.82, 2.24) is 15.6 Å². The minimum Gasteiger partial charge on any atom is -0.397 e. The first-order chi connectivity index (χ1) is 16.2. The predicted molar refractivity (Wildman–Crippen MR) is 138 cm³/mol. The molecule has 6 nitrogen and oxygen atoms in total. The molecule has 1 aliphatic carbocycles. The van der Waals surface area contributed by atoms with Gasteiger partial charge in [-0.2, -0.15) is 0 Å². The zero-order chi connectivity index (χ0) is 22.8. The van der Waals surface area contributed by atoms with Gasteiger partial charge in [-0.05, 0) is 60.9 Å². The lowest BCUT2D eigenvalue weighted by atomic mass is 10.0. The highest BCUT2D eigenvalue weighted by molar-refractivity contribution is 7.21. The molecule has 1 aromatic carbocycles. The molecule has 5 rings (SSSR count). The number of nitrogens with two attached hydrogens (primary N) is 1. The summed E-state index contributed by atoms with van der Waals surface area (Å²) in [5, 5.41) is 7.50. The smallest absolute Gasteiger partial charge is 0.263 e. The second kappa shape index (κ2) is 9.69. The summed E-state index contributed by atoms with van der Waals surface area (Å²) < 4.78 is 0. The van der Waals surface area contributed by atoms with E-state index in [0.29, 0.717) is 17.1 Å². The van der Waals surface area contributed by atoms with Crippen molar-refractivity contribution in [2.75, 3.05) is 43.4 Å². The van der Waals surface area contributed by atoms with Gasteiger partial charge in [-0.15, -0.1) is 11.3 Å². The van der Waals surface area contributed by atoms with Gasteiger partial charge >= 0.3 is 0 Å². The Morgan fingerprint density at radius 1 is 1.15 bits per heavy atom. The number of nitrogen functional groups attached to an aromatic ring is 1. The number of carbonyl (C=O) groups is 1. The standard InChI is InChI=1S/C26H33N5OS/c1-2-4-21-19-5-3-6-20(19)22-23(27)24(33-26(22)30-21)25(32)29-12-11-17-7-9-18(10-8-17)31-15-13-28-14-16-31/h7-10,28H,2-6,11-16,27H2,1H3,(H,29,32). The van der Waals surface area contributed by atoms with Gasteiger partial charge in [0, 0.05) is 49.5 Å². The monoisotopic (exact) mass is 463 g/mol. The summed E-state index contributed by atoms with van der Waals surface area (Å²) >= 11 is 1.44. The fourth-order valence-electron chi connectivity index (χ4n) is 5.14. The Hall–Kier alpha value is -2.64. The molecule has 2 aromatic heterocycles. The lowest BCUT2D eigenvalue weighted by Crippen LogP contribution is -2.43. The van der Waals surface area contributed by atoms with Crippen molar-refractivity contribution in [1.29, 1.82) is 0 Å². The van der Waals surface area contributed by atoms with Gasteiger partial charge in [0.05, 0.1) is 5.69 Å². The summed E-state index contributed by atoms with van der Waals surface area (Å²) in [6, 6.07) is 8.71. The Labute approximate surface area is 199 Å². The predicted octanol–water partition coefficient (Wildman–Crippen LogP) is 3.70. The molecule has 4 N–H and O–H groups in total. The van der Waals surface area contributed by atoms with Crippen LogP contribution in [0.25, 0.3) is 10.2 Å². The van der Waals surface area contributed by atoms with Crippen molar-refractivity contribution in [2.45, 2.75) is 45.4 Å². The maximum Gasteiger partial charge on any atom is 0.263 e. The first-order valence-electron chi connectivity index (χ1n) is 12.2. The van der Waals surface area contributed by atoms with Gasteiger partial charge < -0.3 is 21.3 Å². The summed E-state index contributed by atoms with van der Waals surface area (Å²) in [7, 11) is 0. The van der Waals surface area contributed by atoms with Crippen LogP contribution in [0.15, 0.2) is 24.3 Å². The first-order valence-corrected chi connectivity index (χ1v) is 13.0. The van der Waals surface area contributed by atoms with Gasteiger partial charge in [0.15, 0.2) is 0 Å². The molecule has 1 saturated heterocycles. The molecular weight excluding hydrogens is 430 g/mol. The number of nitrogens with zero attached hydrogens (tertiary/aromatic N) is 2. The Balaban J connectivity index is 1.25. The quantitative estimate of drug-likeness (QED) is 0.498. The van der Waals surface area contributed by atoms with Gasteiger partial charge in [-0.1, -0.05) is 25.5 Å². The SMILES string of the molecule is CCCc1nc2sc(C(=O)NCCc3ccc(N4CCNCC4)cc3)c(N)c2c2c1CCC2. The summed E-state index contributed by atoms with van der Waals surface area (Å²) in [6.07, 6.45) is 6.14. The number of fused-ring (bicyclic) bond motifs is 3. The number of hydrogen-bond acceptors (Lipinski definition) is 6. The zero-order valence-corrected chi connectivity index (χ0v) is 20.2. The molecule has 1 fully saturated rings. The van der Waals surface area contributed by atoms with E-state index in [1.54, 1.807) is 0 Å². The maximum absolute atomic E-state index is 13.0. The normalized spacial score (nSPS) is 15.7. The van der Waals surface area contributed by atoms with Crippen molar-refractivity contribution in [3.63, 3.8) is 0 Å². The number of carbonyl (C=O) groups excluding carboxylic acids is 1. The molecule has 174 valence electrons. The molecule has 33 heavy (non-hydrogen) atoms. The molecule has 3 heterocycles. The zero-order valence-electron chi connectivity index (χ0n) is 19.4. The van der Waals surface area contributed by atoms with Crippen LogP contribution in [0, 0.1) is 0 Å². The maximum atomic E-state index is 13.0. The third kappa shape index (κ3) is 4.44. The van der Waals surface area contributed by atoms with E-state index in [2.05, 4.69) is 46.7 Å². The van der Waals surface area contributed by atoms with Crippen LogP contribution in [-0.4, -0.2) is 43.6 Å². The number of aryl methyl sites for hydroxylation is 2. The molecule has 1 amide bonds. The minimum atomic E-state index is -0.0864. The Bertz CT molecular complexity index is 1150. The average Bonchev–Trinajstić information content (AvgIpc) is 3.45. The average molecular weight is 464 g/mol. The molecule has 2 aliphatic rings. The van der Waals surface area contributed by atoms with Crippen molar-refractivity contribution in [2.24, 2.45) is 0 Å². The van der Waals surface area contributed by atoms with E-state index in [4.69, 9.17) is 10.7 Å². The third-order valence-electron chi connectivity index (χ3n) is 6.84. The molecule has 0 radical (unpaired) electrons. The summed E-state index contributed by atoms with van der Waals surface area (Å²) in [4.78, 5) is 21.8. The number of piperazine rings is 1. The van der Waals surface area contributed by atoms with Gasteiger partial charge in [0.25, 0.3) is 5.91 Å². The Morgan fingerprint density at radius 2 is 1.91 bits per heavy atom. The fraction of sp³-hybridized carbons (Fsp3) is 0.462. The molecule has 0 saturated carbocycles. The van der Waals surface area contributed by atoms with Crippen LogP contribution in [0.1, 0.15) is 51.8 Å². The van der Waals surface area contributed by atoms with Crippen LogP contribution in [0.4, 0.5) is 11.4 Å². The first kappa shape index (κ1) is 22.2. The topological polar surface area (TPSA) is 83.3 Å². The fourth-order valence-corrected chi connectivity index (χ4v) is 6.20. The highest BCUT2D eigenvalue weighted by Gasteiger charge is 2.25. The van der Waals surface area contributed by atoms with E-state index in [-0.39, 0.29) is 5.91 Å². The van der Waals surface area contributed by atoms with E-state index in [1.807, 2.05) is 0 Å². The molecule has 3 aromatic rings. The Morgan fingerprint density at radius 3 is 2.67 bits per heavy atom. The third-order valence-corrected chi connectivity index (χ3v) is 7.94. The van der Waals surface area contributed by atoms with Crippen molar-refractivity contribution in [3.05, 3.63) is 51.5 Å². The summed E-state index contributed by atoms with van der Waals surface area (Å²) in [5.74, 6) is -0.0864. The lowest BCUT2D eigenvalue weighted by molar-refractivity contribution is 0.0959. The second-order valence-electron chi connectivity index (χ2n) is 9.05. The van der Waals surface area contributed by atoms with Crippen LogP contribution in [0.5, 0.6) is 0 Å². The Kier molecular flexibility index (Phi) is 6.51. The summed E-state index contributed by atoms with van der Waals surface area (Å²) in [6.45, 7) is 6.94. The number of hydrogen-bond donors (Lipinski definition) is 3. The van der Waals surface area contributed by atoms with E-state index < -0.39 is 0 Å². The van der Waals surface area contributed by atoms with Crippen LogP contribution in [0.3, 0.4) is 0 Å². The van der Waals surface area contributed by atoms with Crippen molar-refractivity contribution >= 4 is 38.8 Å². The molecule has 0 bridgehead atoms. The highest BCUT2D eigenvalue weighted by atomic mass is 32.1. The van der Waals surface area contributed by atoms with E-state index in [1.165, 1.54) is 39.4 Å². The molecule has 0 spiro atoms. The van der Waals surface area contributed by atoms with Crippen LogP contribution in [-0.2, 0) is 25.7 Å². The highest BCUT2D eigenvalue weighted by Crippen LogP contribution is 2.40. The molecule has 1 aliphatic heterocycles. The number of pyridine rings is 1. The molecule has 0 atom stereocenters. The number of nitrogens with one attached hydrogen (secondary N) is 2. The molecule has 0 unspecified atom stereocenters. The minimum absolute atomic E-state index is 0.0864. The van der Waals surface area contributed by atoms with E-state index >= 15 is 0 Å². The molecular formula is C26H33N5OS. The van der Waals surface area contributed by atoms with Crippen LogP contribution in [0.2, 0.25) is 0 Å². The molecule has 7 heteroatoms. The number of rotatable bonds is 7. The number of anilines is 2. The van der Waals surface area contributed by atoms with Crippen molar-refractivity contribution < 1.29 is 4.79 Å². The van der Waals surface area contributed by atoms with E-state index in [0.717, 1.165) is 74.9 Å². The summed E-state index contributed by atoms with van der Waals surface area (Å²) in [5.41, 5.74) is 13.5. The number of benzene rings is 1. The number of thiophene rings is 1. The number of amides is 1. The van der Waals surface area contributed by atoms with E-state index in [9.17, 15) is 4.79 Å². The van der Waals surface area contributed by atoms with Gasteiger partial charge in [0.2, 0.25) is 0 Å². The van der Waals surface area contributed by atoms with Crippen LogP contribution >= 0.6 is 11.3 Å². The van der Waals surface area contributed by atoms with Crippen LogP contribution < -0.4 is 21.3 Å². The lowest BCUT2D eigenvalue weighted by Gasteiger charge is -2.29. The van der Waals surface area contributed by atoms with Gasteiger partial charge in [-0.3, -0.25) is 4.79 Å². The number of aromatic nitrogens is 1. The largest absolute Gasteiger partial charge is 0.397 e. The van der Waals surface area contributed by atoms with Gasteiger partial charge in [0.1, 0.15) is 9.71 Å². The van der Waals surface area contributed by atoms with Gasteiger partial charge in [-0.25, -0.2) is 4.98 Å². The van der Waals surface area contributed by atoms with Crippen molar-refractivity contribution in [3.8, 4) is 0 Å².